The van der Waals surface area contributed by atoms with Gasteiger partial charge in [-0.1, -0.05) is 54.6 Å². The van der Waals surface area contributed by atoms with Gasteiger partial charge in [0.25, 0.3) is 5.69 Å². The van der Waals surface area contributed by atoms with E-state index in [1.54, 1.807) is 28.6 Å². The monoisotopic (exact) mass is 456 g/mol. The zero-order chi connectivity index (χ0) is 22.8. The molecule has 0 fully saturated rings. The molecule has 1 aliphatic rings. The molecule has 7 nitrogen and oxygen atoms in total. The molecule has 0 bridgehead atoms. The van der Waals surface area contributed by atoms with E-state index in [1.807, 2.05) is 42.5 Å². The Kier molecular flexibility index (Phi) is 5.66. The zero-order valence-electron chi connectivity index (χ0n) is 17.6. The molecule has 0 aliphatic carbocycles. The van der Waals surface area contributed by atoms with Gasteiger partial charge >= 0.3 is 0 Å². The number of carbonyl (C=O) groups excluding carboxylic acids is 1. The van der Waals surface area contributed by atoms with Gasteiger partial charge in [-0.2, -0.15) is 16.9 Å². The first-order valence-corrected chi connectivity index (χ1v) is 11.6. The van der Waals surface area contributed by atoms with Crippen molar-refractivity contribution in [3.63, 3.8) is 0 Å². The van der Waals surface area contributed by atoms with Crippen molar-refractivity contribution in [3.05, 3.63) is 106 Å². The number of hydrogen-bond donors (Lipinski definition) is 1. The summed E-state index contributed by atoms with van der Waals surface area (Å²) in [5, 5.41) is 18.7. The Morgan fingerprint density at radius 3 is 2.36 bits per heavy atom. The van der Waals surface area contributed by atoms with Crippen LogP contribution in [0.5, 0.6) is 0 Å². The lowest BCUT2D eigenvalue weighted by atomic mass is 10.0. The second-order valence-electron chi connectivity index (χ2n) is 7.74. The van der Waals surface area contributed by atoms with E-state index < -0.39 is 4.92 Å². The number of non-ortho nitro benzene ring substituents is 1. The Morgan fingerprint density at radius 2 is 1.67 bits per heavy atom. The summed E-state index contributed by atoms with van der Waals surface area (Å²) in [4.78, 5) is 23.5. The third-order valence-corrected chi connectivity index (χ3v) is 6.51. The summed E-state index contributed by atoms with van der Waals surface area (Å²) >= 11 is 1.75. The first-order valence-electron chi connectivity index (χ1n) is 10.5. The quantitative estimate of drug-likeness (QED) is 0.311. The number of rotatable bonds is 6. The van der Waals surface area contributed by atoms with Gasteiger partial charge in [0.1, 0.15) is 5.82 Å². The predicted octanol–water partition coefficient (Wildman–Crippen LogP) is 5.38. The van der Waals surface area contributed by atoms with Crippen molar-refractivity contribution in [1.29, 1.82) is 0 Å². The molecular formula is C25H20N4O3S. The largest absolute Gasteiger partial charge is 0.310 e. The molecule has 33 heavy (non-hydrogen) atoms. The SMILES string of the molecule is O=C(Cc1ccc(-c2ccccc2)cc1)Nc1c2c(nn1-c1ccc([N+](=O)[O-])cc1)CSC2. The highest BCUT2D eigenvalue weighted by atomic mass is 32.2. The predicted molar refractivity (Wildman–Crippen MR) is 129 cm³/mol. The first-order chi connectivity index (χ1) is 16.1. The molecular weight excluding hydrogens is 436 g/mol. The fourth-order valence-corrected chi connectivity index (χ4v) is 4.89. The van der Waals surface area contributed by atoms with Crippen LogP contribution in [0, 0.1) is 10.1 Å². The van der Waals surface area contributed by atoms with Crippen LogP contribution in [0.3, 0.4) is 0 Å². The van der Waals surface area contributed by atoms with Crippen LogP contribution in [-0.4, -0.2) is 20.6 Å². The molecule has 1 aliphatic heterocycles. The van der Waals surface area contributed by atoms with Crippen molar-refractivity contribution >= 4 is 29.2 Å². The van der Waals surface area contributed by atoms with Crippen LogP contribution >= 0.6 is 11.8 Å². The molecule has 1 aromatic heterocycles. The first kappa shape index (κ1) is 21.0. The van der Waals surface area contributed by atoms with E-state index >= 15 is 0 Å². The van der Waals surface area contributed by atoms with Gasteiger partial charge < -0.3 is 5.32 Å². The molecule has 0 unspecified atom stereocenters. The second-order valence-corrected chi connectivity index (χ2v) is 8.73. The summed E-state index contributed by atoms with van der Waals surface area (Å²) in [5.41, 5.74) is 5.77. The molecule has 0 spiro atoms. The van der Waals surface area contributed by atoms with Gasteiger partial charge in [0.15, 0.2) is 0 Å². The number of thioether (sulfide) groups is 1. The zero-order valence-corrected chi connectivity index (χ0v) is 18.4. The van der Waals surface area contributed by atoms with E-state index in [2.05, 4.69) is 22.5 Å². The molecule has 1 N–H and O–H groups in total. The number of anilines is 1. The molecule has 5 rings (SSSR count). The molecule has 0 saturated carbocycles. The minimum Gasteiger partial charge on any atom is -0.310 e. The number of benzene rings is 3. The number of hydrogen-bond acceptors (Lipinski definition) is 5. The van der Waals surface area contributed by atoms with Crippen LogP contribution < -0.4 is 5.32 Å². The van der Waals surface area contributed by atoms with Gasteiger partial charge in [-0.15, -0.1) is 0 Å². The number of aromatic nitrogens is 2. The molecule has 1 amide bonds. The third kappa shape index (κ3) is 4.38. The fourth-order valence-electron chi connectivity index (χ4n) is 3.85. The fraction of sp³-hybridized carbons (Fsp3) is 0.120. The minimum absolute atomic E-state index is 0.0125. The maximum atomic E-state index is 12.9. The number of carbonyl (C=O) groups is 1. The van der Waals surface area contributed by atoms with Crippen LogP contribution in [0.15, 0.2) is 78.9 Å². The molecule has 2 heterocycles. The molecule has 164 valence electrons. The van der Waals surface area contributed by atoms with Crippen LogP contribution in [0.2, 0.25) is 0 Å². The average Bonchev–Trinajstić information content (AvgIpc) is 3.43. The highest BCUT2D eigenvalue weighted by Crippen LogP contribution is 2.36. The summed E-state index contributed by atoms with van der Waals surface area (Å²) in [6.45, 7) is 0. The van der Waals surface area contributed by atoms with Gasteiger partial charge in [0.05, 0.1) is 22.7 Å². The van der Waals surface area contributed by atoms with Gasteiger partial charge in [-0.3, -0.25) is 14.9 Å². The lowest BCUT2D eigenvalue weighted by Gasteiger charge is -2.11. The van der Waals surface area contributed by atoms with E-state index in [-0.39, 0.29) is 18.0 Å². The normalized spacial score (nSPS) is 12.4. The maximum absolute atomic E-state index is 12.9. The number of nitrogens with zero attached hydrogens (tertiary/aromatic N) is 3. The minimum atomic E-state index is -0.435. The Bertz CT molecular complexity index is 1320. The van der Waals surface area contributed by atoms with Gasteiger partial charge in [-0.25, -0.2) is 4.68 Å². The summed E-state index contributed by atoms with van der Waals surface area (Å²) in [5.74, 6) is 2.04. The number of nitro benzene ring substituents is 1. The van der Waals surface area contributed by atoms with Crippen LogP contribution in [0.4, 0.5) is 11.5 Å². The number of nitro groups is 1. The van der Waals surface area contributed by atoms with E-state index in [4.69, 9.17) is 0 Å². The Labute approximate surface area is 194 Å². The van der Waals surface area contributed by atoms with Crippen LogP contribution in [0.25, 0.3) is 16.8 Å². The van der Waals surface area contributed by atoms with Crippen molar-refractivity contribution in [1.82, 2.24) is 9.78 Å². The standard InChI is InChI=1S/C25H20N4O3S/c30-24(14-17-6-8-19(9-7-17)18-4-2-1-3-5-18)26-25-22-15-33-16-23(22)27-28(25)20-10-12-21(13-11-20)29(31)32/h1-13H,14-16H2,(H,26,30). The van der Waals surface area contributed by atoms with Crippen molar-refractivity contribution in [2.45, 2.75) is 17.9 Å². The lowest BCUT2D eigenvalue weighted by molar-refractivity contribution is -0.384. The third-order valence-electron chi connectivity index (χ3n) is 5.54. The Morgan fingerprint density at radius 1 is 0.970 bits per heavy atom. The summed E-state index contributed by atoms with van der Waals surface area (Å²) in [6, 6.07) is 24.2. The van der Waals surface area contributed by atoms with Crippen molar-refractivity contribution in [3.8, 4) is 16.8 Å². The number of amides is 1. The highest BCUT2D eigenvalue weighted by molar-refractivity contribution is 7.98. The maximum Gasteiger partial charge on any atom is 0.269 e. The molecule has 8 heteroatoms. The second kappa shape index (κ2) is 8.91. The average molecular weight is 457 g/mol. The molecule has 0 radical (unpaired) electrons. The lowest BCUT2D eigenvalue weighted by Crippen LogP contribution is -2.18. The van der Waals surface area contributed by atoms with E-state index in [1.165, 1.54) is 12.1 Å². The van der Waals surface area contributed by atoms with Gasteiger partial charge in [0.2, 0.25) is 5.91 Å². The van der Waals surface area contributed by atoms with Crippen molar-refractivity contribution in [2.24, 2.45) is 0 Å². The molecule has 3 aromatic carbocycles. The van der Waals surface area contributed by atoms with Gasteiger partial charge in [0, 0.05) is 29.2 Å². The number of nitrogens with one attached hydrogen (secondary N) is 1. The Balaban J connectivity index is 1.35. The number of fused-ring (bicyclic) bond motifs is 1. The van der Waals surface area contributed by atoms with Crippen molar-refractivity contribution in [2.75, 3.05) is 5.32 Å². The van der Waals surface area contributed by atoms with Crippen molar-refractivity contribution < 1.29 is 9.72 Å². The summed E-state index contributed by atoms with van der Waals surface area (Å²) < 4.78 is 1.67. The molecule has 0 atom stereocenters. The Hall–Kier alpha value is -3.91. The summed E-state index contributed by atoms with van der Waals surface area (Å²) in [6.07, 6.45) is 0.239. The molecule has 0 saturated heterocycles. The van der Waals surface area contributed by atoms with E-state index in [0.717, 1.165) is 39.5 Å². The van der Waals surface area contributed by atoms with Crippen LogP contribution in [0.1, 0.15) is 16.8 Å². The molecule has 4 aromatic rings. The summed E-state index contributed by atoms with van der Waals surface area (Å²) in [7, 11) is 0. The smallest absolute Gasteiger partial charge is 0.269 e. The van der Waals surface area contributed by atoms with Gasteiger partial charge in [-0.05, 0) is 28.8 Å². The topological polar surface area (TPSA) is 90.1 Å². The van der Waals surface area contributed by atoms with Crippen LogP contribution in [-0.2, 0) is 22.7 Å². The highest BCUT2D eigenvalue weighted by Gasteiger charge is 2.25. The van der Waals surface area contributed by atoms with E-state index in [9.17, 15) is 14.9 Å². The van der Waals surface area contributed by atoms with E-state index in [0.29, 0.717) is 11.5 Å².